The molecule has 29 heavy (non-hydrogen) atoms. The molecule has 1 heterocycles. The third kappa shape index (κ3) is 6.21. The molecule has 6 nitrogen and oxygen atoms in total. The normalized spacial score (nSPS) is 10.3. The second-order valence-corrected chi connectivity index (χ2v) is 6.26. The summed E-state index contributed by atoms with van der Waals surface area (Å²) in [7, 11) is 1.41. The summed E-state index contributed by atoms with van der Waals surface area (Å²) in [5, 5.41) is 5.46. The van der Waals surface area contributed by atoms with E-state index in [4.69, 9.17) is 9.47 Å². The SMILES string of the molecule is COc1ccc(CNC(=O)NCc2ccc(OCc3ccccn3)cc2)cc1F. The Balaban J connectivity index is 1.41. The number of aromatic nitrogens is 1. The van der Waals surface area contributed by atoms with Gasteiger partial charge in [-0.3, -0.25) is 4.98 Å². The Bertz CT molecular complexity index is 934. The monoisotopic (exact) mass is 395 g/mol. The molecule has 7 heteroatoms. The molecule has 2 amide bonds. The first-order chi connectivity index (χ1) is 14.1. The molecule has 2 aromatic carbocycles. The lowest BCUT2D eigenvalue weighted by atomic mass is 10.2. The summed E-state index contributed by atoms with van der Waals surface area (Å²) < 4.78 is 24.2. The molecule has 2 N–H and O–H groups in total. The lowest BCUT2D eigenvalue weighted by Crippen LogP contribution is -2.34. The third-order valence-corrected chi connectivity index (χ3v) is 4.16. The zero-order valence-corrected chi connectivity index (χ0v) is 16.0. The maximum Gasteiger partial charge on any atom is 0.315 e. The van der Waals surface area contributed by atoms with Crippen LogP contribution < -0.4 is 20.1 Å². The number of carbonyl (C=O) groups excluding carboxylic acids is 1. The average Bonchev–Trinajstić information content (AvgIpc) is 2.76. The maximum absolute atomic E-state index is 13.7. The highest BCUT2D eigenvalue weighted by Gasteiger charge is 2.05. The van der Waals surface area contributed by atoms with Gasteiger partial charge in [-0.05, 0) is 47.5 Å². The Morgan fingerprint density at radius 1 is 1.00 bits per heavy atom. The van der Waals surface area contributed by atoms with E-state index in [1.165, 1.54) is 19.2 Å². The highest BCUT2D eigenvalue weighted by atomic mass is 19.1. The van der Waals surface area contributed by atoms with Gasteiger partial charge in [-0.1, -0.05) is 24.3 Å². The summed E-state index contributed by atoms with van der Waals surface area (Å²) in [6.07, 6.45) is 1.73. The van der Waals surface area contributed by atoms with E-state index in [1.54, 1.807) is 12.3 Å². The molecule has 0 fully saturated rings. The van der Waals surface area contributed by atoms with Gasteiger partial charge in [0.2, 0.25) is 0 Å². The fraction of sp³-hybridized carbons (Fsp3) is 0.182. The molecule has 3 rings (SSSR count). The standard InChI is InChI=1S/C22H22FN3O3/c1-28-21-10-7-17(12-20(21)23)14-26-22(27)25-13-16-5-8-19(9-6-16)29-15-18-4-2-3-11-24-18/h2-12H,13-15H2,1H3,(H2,25,26,27). The number of rotatable bonds is 8. The van der Waals surface area contributed by atoms with Crippen molar-refractivity contribution in [3.63, 3.8) is 0 Å². The van der Waals surface area contributed by atoms with E-state index in [9.17, 15) is 9.18 Å². The van der Waals surface area contributed by atoms with E-state index in [0.717, 1.165) is 17.0 Å². The molecule has 1 aromatic heterocycles. The van der Waals surface area contributed by atoms with Crippen LogP contribution in [-0.2, 0) is 19.7 Å². The van der Waals surface area contributed by atoms with Gasteiger partial charge >= 0.3 is 6.03 Å². The summed E-state index contributed by atoms with van der Waals surface area (Å²) in [5.41, 5.74) is 2.43. The number of amides is 2. The lowest BCUT2D eigenvalue weighted by Gasteiger charge is -2.10. The number of halogens is 1. The van der Waals surface area contributed by atoms with Crippen molar-refractivity contribution in [1.82, 2.24) is 15.6 Å². The van der Waals surface area contributed by atoms with Crippen molar-refractivity contribution in [2.45, 2.75) is 19.7 Å². The minimum absolute atomic E-state index is 0.172. The van der Waals surface area contributed by atoms with E-state index in [2.05, 4.69) is 15.6 Å². The summed E-state index contributed by atoms with van der Waals surface area (Å²) >= 11 is 0. The Kier molecular flexibility index (Phi) is 7.00. The molecule has 0 saturated carbocycles. The zero-order chi connectivity index (χ0) is 20.5. The Morgan fingerprint density at radius 3 is 2.38 bits per heavy atom. The lowest BCUT2D eigenvalue weighted by molar-refractivity contribution is 0.240. The zero-order valence-electron chi connectivity index (χ0n) is 16.0. The van der Waals surface area contributed by atoms with E-state index in [1.807, 2.05) is 42.5 Å². The number of nitrogens with one attached hydrogen (secondary N) is 2. The molecule has 0 saturated heterocycles. The quantitative estimate of drug-likeness (QED) is 0.608. The van der Waals surface area contributed by atoms with E-state index in [0.29, 0.717) is 18.7 Å². The number of ether oxygens (including phenoxy) is 2. The molecule has 0 bridgehead atoms. The Morgan fingerprint density at radius 2 is 1.72 bits per heavy atom. The average molecular weight is 395 g/mol. The van der Waals surface area contributed by atoms with Crippen molar-refractivity contribution in [2.24, 2.45) is 0 Å². The van der Waals surface area contributed by atoms with Crippen LogP contribution >= 0.6 is 0 Å². The van der Waals surface area contributed by atoms with Gasteiger partial charge in [0.25, 0.3) is 0 Å². The van der Waals surface area contributed by atoms with Gasteiger partial charge in [0.05, 0.1) is 12.8 Å². The topological polar surface area (TPSA) is 72.5 Å². The number of carbonyl (C=O) groups is 1. The largest absolute Gasteiger partial charge is 0.494 e. The van der Waals surface area contributed by atoms with Crippen molar-refractivity contribution < 1.29 is 18.7 Å². The third-order valence-electron chi connectivity index (χ3n) is 4.16. The number of benzene rings is 2. The molecule has 0 spiro atoms. The van der Waals surface area contributed by atoms with Crippen LogP contribution in [0.5, 0.6) is 11.5 Å². The summed E-state index contributed by atoms with van der Waals surface area (Å²) in [4.78, 5) is 16.2. The van der Waals surface area contributed by atoms with Crippen molar-refractivity contribution in [2.75, 3.05) is 7.11 Å². The molecule has 0 atom stereocenters. The number of methoxy groups -OCH3 is 1. The molecule has 0 radical (unpaired) electrons. The van der Waals surface area contributed by atoms with Crippen LogP contribution in [0.15, 0.2) is 66.9 Å². The minimum atomic E-state index is -0.461. The van der Waals surface area contributed by atoms with Gasteiger partial charge in [-0.25, -0.2) is 9.18 Å². The van der Waals surface area contributed by atoms with Crippen molar-refractivity contribution >= 4 is 6.03 Å². The smallest absolute Gasteiger partial charge is 0.315 e. The van der Waals surface area contributed by atoms with Crippen LogP contribution in [0.3, 0.4) is 0 Å². The molecule has 150 valence electrons. The predicted octanol–water partition coefficient (Wildman–Crippen LogP) is 3.81. The van der Waals surface area contributed by atoms with Crippen molar-refractivity contribution in [3.8, 4) is 11.5 Å². The van der Waals surface area contributed by atoms with E-state index >= 15 is 0 Å². The molecule has 0 aliphatic rings. The molecule has 3 aromatic rings. The van der Waals surface area contributed by atoms with Gasteiger partial charge < -0.3 is 20.1 Å². The number of hydrogen-bond donors (Lipinski definition) is 2. The van der Waals surface area contributed by atoms with Gasteiger partial charge in [-0.2, -0.15) is 0 Å². The fourth-order valence-corrected chi connectivity index (χ4v) is 2.59. The minimum Gasteiger partial charge on any atom is -0.494 e. The van der Waals surface area contributed by atoms with Gasteiger partial charge in [0.15, 0.2) is 11.6 Å². The van der Waals surface area contributed by atoms with Crippen LogP contribution in [0.2, 0.25) is 0 Å². The fourth-order valence-electron chi connectivity index (χ4n) is 2.59. The highest BCUT2D eigenvalue weighted by Crippen LogP contribution is 2.17. The number of hydrogen-bond acceptors (Lipinski definition) is 4. The predicted molar refractivity (Wildman–Crippen MR) is 107 cm³/mol. The van der Waals surface area contributed by atoms with Crippen LogP contribution in [0, 0.1) is 5.82 Å². The van der Waals surface area contributed by atoms with E-state index in [-0.39, 0.29) is 18.3 Å². The van der Waals surface area contributed by atoms with Gasteiger partial charge in [0.1, 0.15) is 12.4 Å². The first kappa shape index (κ1) is 20.1. The summed E-state index contributed by atoms with van der Waals surface area (Å²) in [6, 6.07) is 17.4. The van der Waals surface area contributed by atoms with E-state index < -0.39 is 5.82 Å². The van der Waals surface area contributed by atoms with Gasteiger partial charge in [-0.15, -0.1) is 0 Å². The van der Waals surface area contributed by atoms with Crippen LogP contribution in [0.1, 0.15) is 16.8 Å². The number of urea groups is 1. The second kappa shape index (κ2) is 10.1. The van der Waals surface area contributed by atoms with Crippen LogP contribution in [0.4, 0.5) is 9.18 Å². The Hall–Kier alpha value is -3.61. The maximum atomic E-state index is 13.7. The second-order valence-electron chi connectivity index (χ2n) is 6.26. The molecule has 0 unspecified atom stereocenters. The Labute approximate surface area is 168 Å². The van der Waals surface area contributed by atoms with Crippen LogP contribution in [0.25, 0.3) is 0 Å². The first-order valence-corrected chi connectivity index (χ1v) is 9.10. The highest BCUT2D eigenvalue weighted by molar-refractivity contribution is 5.73. The molecule has 0 aliphatic heterocycles. The van der Waals surface area contributed by atoms with Crippen molar-refractivity contribution in [1.29, 1.82) is 0 Å². The summed E-state index contributed by atoms with van der Waals surface area (Å²) in [6.45, 7) is 0.975. The summed E-state index contributed by atoms with van der Waals surface area (Å²) in [5.74, 6) is 0.439. The molecular formula is C22H22FN3O3. The van der Waals surface area contributed by atoms with Crippen LogP contribution in [-0.4, -0.2) is 18.1 Å². The molecular weight excluding hydrogens is 373 g/mol. The number of nitrogens with zero attached hydrogens (tertiary/aromatic N) is 1. The molecule has 0 aliphatic carbocycles. The van der Waals surface area contributed by atoms with Gasteiger partial charge in [0, 0.05) is 19.3 Å². The first-order valence-electron chi connectivity index (χ1n) is 9.10. The number of pyridine rings is 1. The van der Waals surface area contributed by atoms with Crippen molar-refractivity contribution in [3.05, 3.63) is 89.5 Å².